The minimum atomic E-state index is -0.527. The molecule has 0 radical (unpaired) electrons. The molecule has 3 rings (SSSR count). The number of anilines is 2. The molecule has 1 aliphatic heterocycles. The number of nitrogens with one attached hydrogen (secondary N) is 3. The first-order valence-electron chi connectivity index (χ1n) is 9.52. The van der Waals surface area contributed by atoms with Crippen molar-refractivity contribution in [2.75, 3.05) is 30.8 Å². The number of methoxy groups -OCH3 is 1. The number of ether oxygens (including phenoxy) is 1. The zero-order valence-electron chi connectivity index (χ0n) is 16.5. The second kappa shape index (κ2) is 9.73. The van der Waals surface area contributed by atoms with Crippen LogP contribution in [0.25, 0.3) is 0 Å². The molecule has 1 saturated heterocycles. The normalized spacial score (nSPS) is 14.0. The maximum atomic E-state index is 12.9. The van der Waals surface area contributed by atoms with Crippen molar-refractivity contribution in [3.8, 4) is 0 Å². The zero-order valence-corrected chi connectivity index (χ0v) is 16.5. The summed E-state index contributed by atoms with van der Waals surface area (Å²) in [6.45, 7) is 0.904. The van der Waals surface area contributed by atoms with E-state index in [0.29, 0.717) is 37.3 Å². The average molecular weight is 414 g/mol. The number of rotatable bonds is 4. The van der Waals surface area contributed by atoms with Gasteiger partial charge in [-0.2, -0.15) is 0 Å². The fraction of sp³-hybridized carbons (Fsp3) is 0.286. The van der Waals surface area contributed by atoms with Crippen molar-refractivity contribution in [2.24, 2.45) is 0 Å². The molecule has 2 aromatic carbocycles. The number of likely N-dealkylation sites (tertiary alicyclic amines) is 1. The number of piperidine rings is 1. The van der Waals surface area contributed by atoms with Gasteiger partial charge >= 0.3 is 18.0 Å². The third-order valence-corrected chi connectivity index (χ3v) is 4.79. The molecule has 0 aliphatic carbocycles. The van der Waals surface area contributed by atoms with Crippen molar-refractivity contribution in [3.63, 3.8) is 0 Å². The molecule has 9 heteroatoms. The Morgan fingerprint density at radius 2 is 1.67 bits per heavy atom. The van der Waals surface area contributed by atoms with Crippen LogP contribution in [0.2, 0.25) is 0 Å². The Balaban J connectivity index is 1.48. The molecule has 0 spiro atoms. The lowest BCUT2D eigenvalue weighted by Crippen LogP contribution is -2.48. The Morgan fingerprint density at radius 3 is 2.33 bits per heavy atom. The Labute approximate surface area is 173 Å². The van der Waals surface area contributed by atoms with Gasteiger partial charge < -0.3 is 25.6 Å². The van der Waals surface area contributed by atoms with Gasteiger partial charge in [-0.25, -0.2) is 18.8 Å². The van der Waals surface area contributed by atoms with Gasteiger partial charge in [-0.3, -0.25) is 0 Å². The second-order valence-electron chi connectivity index (χ2n) is 6.83. The molecule has 4 amide bonds. The topological polar surface area (TPSA) is 99.8 Å². The third kappa shape index (κ3) is 5.47. The van der Waals surface area contributed by atoms with E-state index in [9.17, 15) is 18.8 Å². The van der Waals surface area contributed by atoms with Crippen molar-refractivity contribution in [1.82, 2.24) is 10.2 Å². The van der Waals surface area contributed by atoms with Crippen LogP contribution in [0.3, 0.4) is 0 Å². The molecule has 0 unspecified atom stereocenters. The van der Waals surface area contributed by atoms with Gasteiger partial charge in [0, 0.05) is 24.8 Å². The SMILES string of the molecule is COC(=O)c1ccccc1NC(=O)N1CCC(NC(=O)Nc2ccc(F)cc2)CC1. The minimum absolute atomic E-state index is 0.0862. The number of para-hydroxylation sites is 1. The van der Waals surface area contributed by atoms with Gasteiger partial charge in [0.15, 0.2) is 0 Å². The summed E-state index contributed by atoms with van der Waals surface area (Å²) in [4.78, 5) is 38.1. The highest BCUT2D eigenvalue weighted by Gasteiger charge is 2.25. The Bertz CT molecular complexity index is 911. The fourth-order valence-corrected chi connectivity index (χ4v) is 3.19. The van der Waals surface area contributed by atoms with Crippen LogP contribution in [0.4, 0.5) is 25.4 Å². The molecule has 0 aromatic heterocycles. The van der Waals surface area contributed by atoms with Crippen LogP contribution in [0.1, 0.15) is 23.2 Å². The van der Waals surface area contributed by atoms with Gasteiger partial charge in [-0.1, -0.05) is 12.1 Å². The highest BCUT2D eigenvalue weighted by molar-refractivity contribution is 6.00. The number of amides is 4. The van der Waals surface area contributed by atoms with E-state index in [1.54, 1.807) is 29.2 Å². The molecule has 1 fully saturated rings. The molecule has 158 valence electrons. The molecule has 0 saturated carbocycles. The number of carbonyl (C=O) groups excluding carboxylic acids is 3. The van der Waals surface area contributed by atoms with E-state index < -0.39 is 5.97 Å². The van der Waals surface area contributed by atoms with Gasteiger partial charge in [-0.15, -0.1) is 0 Å². The van der Waals surface area contributed by atoms with E-state index in [2.05, 4.69) is 16.0 Å². The molecular formula is C21H23FN4O4. The van der Waals surface area contributed by atoms with E-state index in [1.165, 1.54) is 31.4 Å². The predicted octanol–water partition coefficient (Wildman–Crippen LogP) is 3.43. The van der Waals surface area contributed by atoms with Gasteiger partial charge in [0.1, 0.15) is 5.82 Å². The van der Waals surface area contributed by atoms with Crippen LogP contribution in [-0.4, -0.2) is 49.2 Å². The maximum Gasteiger partial charge on any atom is 0.339 e. The van der Waals surface area contributed by atoms with E-state index >= 15 is 0 Å². The summed E-state index contributed by atoms with van der Waals surface area (Å²) in [5.41, 5.74) is 1.16. The molecule has 3 N–H and O–H groups in total. The smallest absolute Gasteiger partial charge is 0.339 e. The summed E-state index contributed by atoms with van der Waals surface area (Å²) < 4.78 is 17.7. The zero-order chi connectivity index (χ0) is 21.5. The van der Waals surface area contributed by atoms with E-state index in [4.69, 9.17) is 4.74 Å². The lowest BCUT2D eigenvalue weighted by Gasteiger charge is -2.32. The number of benzene rings is 2. The van der Waals surface area contributed by atoms with Crippen LogP contribution in [0.15, 0.2) is 48.5 Å². The molecule has 8 nitrogen and oxygen atoms in total. The monoisotopic (exact) mass is 414 g/mol. The fourth-order valence-electron chi connectivity index (χ4n) is 3.19. The summed E-state index contributed by atoms with van der Waals surface area (Å²) in [6, 6.07) is 11.3. The average Bonchev–Trinajstić information content (AvgIpc) is 2.75. The predicted molar refractivity (Wildman–Crippen MR) is 110 cm³/mol. The van der Waals surface area contributed by atoms with Gasteiger partial charge in [0.25, 0.3) is 0 Å². The van der Waals surface area contributed by atoms with E-state index in [1.807, 2.05) is 0 Å². The first-order valence-corrected chi connectivity index (χ1v) is 9.52. The first kappa shape index (κ1) is 21.1. The van der Waals surface area contributed by atoms with Crippen molar-refractivity contribution in [3.05, 3.63) is 59.9 Å². The van der Waals surface area contributed by atoms with Gasteiger partial charge in [-0.05, 0) is 49.2 Å². The van der Waals surface area contributed by atoms with Crippen LogP contribution < -0.4 is 16.0 Å². The quantitative estimate of drug-likeness (QED) is 0.668. The lowest BCUT2D eigenvalue weighted by atomic mass is 10.1. The summed E-state index contributed by atoms with van der Waals surface area (Å²) >= 11 is 0. The van der Waals surface area contributed by atoms with Crippen molar-refractivity contribution in [1.29, 1.82) is 0 Å². The largest absolute Gasteiger partial charge is 0.465 e. The van der Waals surface area contributed by atoms with Crippen LogP contribution >= 0.6 is 0 Å². The first-order chi connectivity index (χ1) is 14.5. The molecule has 2 aromatic rings. The van der Waals surface area contributed by atoms with Crippen molar-refractivity contribution in [2.45, 2.75) is 18.9 Å². The van der Waals surface area contributed by atoms with E-state index in [-0.39, 0.29) is 29.5 Å². The Kier molecular flexibility index (Phi) is 6.84. The summed E-state index contributed by atoms with van der Waals surface area (Å²) in [7, 11) is 1.28. The van der Waals surface area contributed by atoms with Crippen molar-refractivity contribution < 1.29 is 23.5 Å². The number of hydrogen-bond donors (Lipinski definition) is 3. The molecule has 0 bridgehead atoms. The lowest BCUT2D eigenvalue weighted by molar-refractivity contribution is 0.0602. The molecular weight excluding hydrogens is 391 g/mol. The number of esters is 1. The molecule has 0 atom stereocenters. The molecule has 30 heavy (non-hydrogen) atoms. The number of nitrogens with zero attached hydrogens (tertiary/aromatic N) is 1. The Morgan fingerprint density at radius 1 is 1.00 bits per heavy atom. The standard InChI is InChI=1S/C21H23FN4O4/c1-30-19(27)17-4-2-3-5-18(17)25-21(29)26-12-10-16(11-13-26)24-20(28)23-15-8-6-14(22)7-9-15/h2-9,16H,10-13H2,1H3,(H,25,29)(H2,23,24,28). The third-order valence-electron chi connectivity index (χ3n) is 4.79. The summed E-state index contributed by atoms with van der Waals surface area (Å²) in [6.07, 6.45) is 1.17. The van der Waals surface area contributed by atoms with Gasteiger partial charge in [0.05, 0.1) is 18.4 Å². The maximum absolute atomic E-state index is 12.9. The summed E-state index contributed by atoms with van der Waals surface area (Å²) in [5.74, 6) is -0.901. The molecule has 1 heterocycles. The van der Waals surface area contributed by atoms with E-state index in [0.717, 1.165) is 0 Å². The number of urea groups is 2. The number of halogens is 1. The van der Waals surface area contributed by atoms with Crippen molar-refractivity contribution >= 4 is 29.4 Å². The number of hydrogen-bond acceptors (Lipinski definition) is 4. The highest BCUT2D eigenvalue weighted by atomic mass is 19.1. The summed E-state index contributed by atoms with van der Waals surface area (Å²) in [5, 5.41) is 8.26. The van der Waals surface area contributed by atoms with Crippen LogP contribution in [-0.2, 0) is 4.74 Å². The second-order valence-corrected chi connectivity index (χ2v) is 6.83. The minimum Gasteiger partial charge on any atom is -0.465 e. The van der Waals surface area contributed by atoms with Crippen LogP contribution in [0.5, 0.6) is 0 Å². The highest BCUT2D eigenvalue weighted by Crippen LogP contribution is 2.18. The number of carbonyl (C=O) groups is 3. The molecule has 1 aliphatic rings. The van der Waals surface area contributed by atoms with Gasteiger partial charge in [0.2, 0.25) is 0 Å². The van der Waals surface area contributed by atoms with Crippen LogP contribution in [0, 0.1) is 5.82 Å². The Hall–Kier alpha value is -3.62.